The Balaban J connectivity index is 1.61. The summed E-state index contributed by atoms with van der Waals surface area (Å²) in [6, 6.07) is 10.8. The van der Waals surface area contributed by atoms with Gasteiger partial charge in [-0.2, -0.15) is 5.10 Å². The summed E-state index contributed by atoms with van der Waals surface area (Å²) < 4.78 is 16.8. The number of rotatable bonds is 6. The molecule has 4 rings (SSSR count). The van der Waals surface area contributed by atoms with Crippen LogP contribution in [0.1, 0.15) is 22.8 Å². The molecule has 0 unspecified atom stereocenters. The fourth-order valence-electron chi connectivity index (χ4n) is 3.62. The number of benzene rings is 2. The van der Waals surface area contributed by atoms with E-state index < -0.39 is 17.9 Å². The molecule has 2 heterocycles. The molecular formula is C23H22N4O6. The van der Waals surface area contributed by atoms with E-state index in [1.165, 1.54) is 18.9 Å². The van der Waals surface area contributed by atoms with Crippen molar-refractivity contribution in [3.63, 3.8) is 0 Å². The number of carbonyl (C=O) groups excluding carboxylic acids is 3. The van der Waals surface area contributed by atoms with Crippen LogP contribution in [-0.2, 0) is 14.3 Å². The van der Waals surface area contributed by atoms with E-state index in [0.717, 1.165) is 5.56 Å². The summed E-state index contributed by atoms with van der Waals surface area (Å²) in [6.45, 7) is 0. The van der Waals surface area contributed by atoms with Crippen molar-refractivity contribution in [2.75, 3.05) is 32.0 Å². The smallest absolute Gasteiger partial charge is 0.337 e. The fraction of sp³-hybridized carbons (Fsp3) is 0.217. The molecule has 3 aromatic rings. The van der Waals surface area contributed by atoms with Crippen LogP contribution in [0.2, 0.25) is 0 Å². The first-order chi connectivity index (χ1) is 15.9. The maximum atomic E-state index is 13.0. The van der Waals surface area contributed by atoms with Gasteiger partial charge in [-0.15, -0.1) is 0 Å². The van der Waals surface area contributed by atoms with Crippen molar-refractivity contribution in [2.24, 2.45) is 0 Å². The molecule has 2 aromatic carbocycles. The topological polar surface area (TPSA) is 121 Å². The summed E-state index contributed by atoms with van der Waals surface area (Å²) in [5.74, 6) is 0.341. The number of methoxy groups -OCH3 is 3. The highest BCUT2D eigenvalue weighted by molar-refractivity contribution is 6.03. The second-order valence-corrected chi connectivity index (χ2v) is 7.25. The molecule has 1 atom stereocenters. The molecule has 0 saturated heterocycles. The van der Waals surface area contributed by atoms with Crippen LogP contribution in [0.4, 0.5) is 11.5 Å². The number of fused-ring (bicyclic) bond motifs is 1. The van der Waals surface area contributed by atoms with Crippen molar-refractivity contribution >= 4 is 29.3 Å². The Bertz CT molecular complexity index is 1220. The molecule has 0 bridgehead atoms. The largest absolute Gasteiger partial charge is 0.493 e. The van der Waals surface area contributed by atoms with Gasteiger partial charge in [0.2, 0.25) is 11.8 Å². The Morgan fingerprint density at radius 2 is 1.79 bits per heavy atom. The Kier molecular flexibility index (Phi) is 5.99. The predicted octanol–water partition coefficient (Wildman–Crippen LogP) is 2.88. The van der Waals surface area contributed by atoms with Crippen LogP contribution >= 0.6 is 0 Å². The molecule has 170 valence electrons. The highest BCUT2D eigenvalue weighted by Gasteiger charge is 2.33. The molecule has 10 heteroatoms. The second-order valence-electron chi connectivity index (χ2n) is 7.25. The van der Waals surface area contributed by atoms with Crippen LogP contribution in [0, 0.1) is 0 Å². The van der Waals surface area contributed by atoms with Gasteiger partial charge in [-0.05, 0) is 42.0 Å². The molecule has 10 nitrogen and oxygen atoms in total. The van der Waals surface area contributed by atoms with E-state index in [2.05, 4.69) is 20.5 Å². The van der Waals surface area contributed by atoms with Crippen LogP contribution in [0.5, 0.6) is 11.5 Å². The van der Waals surface area contributed by atoms with Crippen LogP contribution in [0.25, 0.3) is 11.1 Å². The monoisotopic (exact) mass is 450 g/mol. The summed E-state index contributed by atoms with van der Waals surface area (Å²) >= 11 is 0. The molecule has 0 fully saturated rings. The normalized spacial score (nSPS) is 14.6. The van der Waals surface area contributed by atoms with Gasteiger partial charge < -0.3 is 24.8 Å². The van der Waals surface area contributed by atoms with Gasteiger partial charge in [0, 0.05) is 11.3 Å². The number of ether oxygens (including phenoxy) is 3. The maximum Gasteiger partial charge on any atom is 0.337 e. The lowest BCUT2D eigenvalue weighted by Gasteiger charge is -2.24. The third kappa shape index (κ3) is 4.22. The summed E-state index contributed by atoms with van der Waals surface area (Å²) in [6.07, 6.45) is 1.53. The Morgan fingerprint density at radius 1 is 1.06 bits per heavy atom. The third-order valence-electron chi connectivity index (χ3n) is 5.30. The van der Waals surface area contributed by atoms with Crippen LogP contribution in [0.3, 0.4) is 0 Å². The molecule has 1 aliphatic heterocycles. The number of nitrogens with zero attached hydrogens (tertiary/aromatic N) is 2. The number of carbonyl (C=O) groups is 3. The Hall–Kier alpha value is -4.34. The number of anilines is 2. The fourth-order valence-corrected chi connectivity index (χ4v) is 3.62. The van der Waals surface area contributed by atoms with Gasteiger partial charge in [0.05, 0.1) is 39.5 Å². The van der Waals surface area contributed by atoms with E-state index >= 15 is 0 Å². The van der Waals surface area contributed by atoms with Gasteiger partial charge in [-0.3, -0.25) is 9.59 Å². The van der Waals surface area contributed by atoms with Gasteiger partial charge in [0.1, 0.15) is 11.9 Å². The average Bonchev–Trinajstić information content (AvgIpc) is 3.26. The zero-order chi connectivity index (χ0) is 23.5. The summed E-state index contributed by atoms with van der Waals surface area (Å²) in [7, 11) is 4.38. The molecule has 1 aromatic heterocycles. The van der Waals surface area contributed by atoms with Gasteiger partial charge in [0.25, 0.3) is 0 Å². The van der Waals surface area contributed by atoms with Crippen LogP contribution in [-0.4, -0.2) is 48.9 Å². The predicted molar refractivity (Wildman–Crippen MR) is 119 cm³/mol. The average molecular weight is 450 g/mol. The van der Waals surface area contributed by atoms with Crippen molar-refractivity contribution in [1.82, 2.24) is 9.78 Å². The summed E-state index contributed by atoms with van der Waals surface area (Å²) in [4.78, 5) is 37.0. The molecule has 33 heavy (non-hydrogen) atoms. The number of nitrogens with one attached hydrogen (secondary N) is 2. The Labute approximate surface area is 189 Å². The maximum absolute atomic E-state index is 13.0. The van der Waals surface area contributed by atoms with Crippen molar-refractivity contribution < 1.29 is 28.6 Å². The lowest BCUT2D eigenvalue weighted by Crippen LogP contribution is -2.35. The van der Waals surface area contributed by atoms with E-state index in [1.807, 2.05) is 6.07 Å². The van der Waals surface area contributed by atoms with Gasteiger partial charge in [0.15, 0.2) is 11.5 Å². The summed E-state index contributed by atoms with van der Waals surface area (Å²) in [5.41, 5.74) is 2.23. The SMILES string of the molecule is COC(=O)c1ccc(NC(=O)[C@H]2CC(=O)Nc3c(-c4ccc(OC)c(OC)c4)cnn32)cc1. The third-order valence-corrected chi connectivity index (χ3v) is 5.30. The molecule has 0 radical (unpaired) electrons. The van der Waals surface area contributed by atoms with Gasteiger partial charge in [-0.25, -0.2) is 9.48 Å². The lowest BCUT2D eigenvalue weighted by molar-refractivity contribution is -0.125. The molecule has 1 aliphatic rings. The Morgan fingerprint density at radius 3 is 2.45 bits per heavy atom. The number of esters is 1. The number of aromatic nitrogens is 2. The van der Waals surface area contributed by atoms with E-state index in [9.17, 15) is 14.4 Å². The molecule has 2 N–H and O–H groups in total. The number of hydrogen-bond donors (Lipinski definition) is 2. The highest BCUT2D eigenvalue weighted by Crippen LogP contribution is 2.38. The number of hydrogen-bond acceptors (Lipinski definition) is 7. The van der Waals surface area contributed by atoms with Crippen molar-refractivity contribution in [3.8, 4) is 22.6 Å². The quantitative estimate of drug-likeness (QED) is 0.554. The summed E-state index contributed by atoms with van der Waals surface area (Å²) in [5, 5.41) is 9.94. The minimum atomic E-state index is -0.845. The van der Waals surface area contributed by atoms with Crippen molar-refractivity contribution in [2.45, 2.75) is 12.5 Å². The van der Waals surface area contributed by atoms with Crippen molar-refractivity contribution in [3.05, 3.63) is 54.2 Å². The van der Waals surface area contributed by atoms with Crippen molar-refractivity contribution in [1.29, 1.82) is 0 Å². The van der Waals surface area contributed by atoms with E-state index in [4.69, 9.17) is 9.47 Å². The van der Waals surface area contributed by atoms with Gasteiger partial charge in [-0.1, -0.05) is 6.07 Å². The molecule has 0 spiro atoms. The molecular weight excluding hydrogens is 428 g/mol. The molecule has 2 amide bonds. The molecule has 0 saturated carbocycles. The first-order valence-corrected chi connectivity index (χ1v) is 10.0. The zero-order valence-electron chi connectivity index (χ0n) is 18.2. The molecule has 0 aliphatic carbocycles. The van der Waals surface area contributed by atoms with Crippen LogP contribution < -0.4 is 20.1 Å². The highest BCUT2D eigenvalue weighted by atomic mass is 16.5. The van der Waals surface area contributed by atoms with E-state index in [1.54, 1.807) is 49.7 Å². The number of amides is 2. The van der Waals surface area contributed by atoms with E-state index in [0.29, 0.717) is 34.1 Å². The first-order valence-electron chi connectivity index (χ1n) is 10.0. The minimum Gasteiger partial charge on any atom is -0.493 e. The standard InChI is InChI=1S/C23H22N4O6/c1-31-18-9-6-14(10-19(18)32-2)16-12-24-27-17(11-20(28)26-21(16)27)22(29)25-15-7-4-13(5-8-15)23(30)33-3/h4-10,12,17H,11H2,1-3H3,(H,25,29)(H,26,28)/t17-/m1/s1. The van der Waals surface area contributed by atoms with Crippen LogP contribution in [0.15, 0.2) is 48.7 Å². The second kappa shape index (κ2) is 9.03. The first kappa shape index (κ1) is 21.9. The van der Waals surface area contributed by atoms with E-state index in [-0.39, 0.29) is 12.3 Å². The minimum absolute atomic E-state index is 0.0634. The lowest BCUT2D eigenvalue weighted by atomic mass is 10.1. The zero-order valence-corrected chi connectivity index (χ0v) is 18.2. The van der Waals surface area contributed by atoms with Gasteiger partial charge >= 0.3 is 5.97 Å².